The summed E-state index contributed by atoms with van der Waals surface area (Å²) < 4.78 is 5.27. The number of aromatic nitrogens is 3. The summed E-state index contributed by atoms with van der Waals surface area (Å²) in [5.74, 6) is -0.738. The topological polar surface area (TPSA) is 185 Å². The Morgan fingerprint density at radius 3 is 2.31 bits per heavy atom. The molecular formula is C33H41ClN8O5S2. The summed E-state index contributed by atoms with van der Waals surface area (Å²) in [6.07, 6.45) is 3.41. The molecule has 16 heteroatoms. The van der Waals surface area contributed by atoms with Gasteiger partial charge in [0.2, 0.25) is 11.8 Å². The number of nitrogens with zero attached hydrogens (tertiary/aromatic N) is 4. The molecule has 1 aromatic carbocycles. The van der Waals surface area contributed by atoms with Crippen LogP contribution in [0.4, 0.5) is 0 Å². The molecule has 0 saturated heterocycles. The van der Waals surface area contributed by atoms with Gasteiger partial charge in [0.1, 0.15) is 27.7 Å². The smallest absolute Gasteiger partial charge is 0.275 e. The Morgan fingerprint density at radius 1 is 0.959 bits per heavy atom. The first kappa shape index (κ1) is 37.6. The summed E-state index contributed by atoms with van der Waals surface area (Å²) in [6, 6.07) is 8.85. The van der Waals surface area contributed by atoms with Crippen LogP contribution < -0.4 is 21.7 Å². The van der Waals surface area contributed by atoms with Gasteiger partial charge in [0.15, 0.2) is 5.69 Å². The number of halogens is 1. The molecule has 0 fully saturated rings. The Labute approximate surface area is 298 Å². The lowest BCUT2D eigenvalue weighted by Gasteiger charge is -2.22. The second-order valence-electron chi connectivity index (χ2n) is 11.9. The van der Waals surface area contributed by atoms with Crippen molar-refractivity contribution in [3.63, 3.8) is 0 Å². The maximum absolute atomic E-state index is 13.5. The monoisotopic (exact) mass is 728 g/mol. The van der Waals surface area contributed by atoms with Gasteiger partial charge in [-0.2, -0.15) is 0 Å². The first-order valence-electron chi connectivity index (χ1n) is 16.0. The van der Waals surface area contributed by atoms with Crippen LogP contribution in [0.5, 0.6) is 0 Å². The molecule has 5 rings (SSSR count). The van der Waals surface area contributed by atoms with Crippen molar-refractivity contribution >= 4 is 58.7 Å². The van der Waals surface area contributed by atoms with E-state index in [1.54, 1.807) is 15.7 Å². The number of rotatable bonds is 6. The van der Waals surface area contributed by atoms with Gasteiger partial charge >= 0.3 is 0 Å². The molecule has 4 heterocycles. The van der Waals surface area contributed by atoms with Crippen LogP contribution in [0.25, 0.3) is 0 Å². The van der Waals surface area contributed by atoms with E-state index >= 15 is 0 Å². The Kier molecular flexibility index (Phi) is 13.8. The van der Waals surface area contributed by atoms with Gasteiger partial charge in [0.25, 0.3) is 17.7 Å². The quantitative estimate of drug-likeness (QED) is 0.223. The van der Waals surface area contributed by atoms with Crippen molar-refractivity contribution in [1.82, 2.24) is 35.8 Å². The molecule has 3 aromatic heterocycles. The van der Waals surface area contributed by atoms with Gasteiger partial charge in [-0.25, -0.2) is 15.0 Å². The second kappa shape index (κ2) is 18.0. The highest BCUT2D eigenvalue weighted by Crippen LogP contribution is 2.27. The fraction of sp³-hybridized carbons (Fsp3) is 0.424. The zero-order valence-corrected chi connectivity index (χ0v) is 29.8. The average Bonchev–Trinajstić information content (AvgIpc) is 3.86. The Bertz CT molecular complexity index is 1710. The van der Waals surface area contributed by atoms with Crippen LogP contribution in [-0.2, 0) is 17.8 Å². The Balaban J connectivity index is 0.00000541. The minimum Gasteiger partial charge on any atom is -0.447 e. The van der Waals surface area contributed by atoms with E-state index < -0.39 is 6.04 Å². The van der Waals surface area contributed by atoms with Gasteiger partial charge in [-0.3, -0.25) is 19.2 Å². The van der Waals surface area contributed by atoms with Gasteiger partial charge < -0.3 is 31.0 Å². The van der Waals surface area contributed by atoms with Crippen molar-refractivity contribution in [2.45, 2.75) is 64.6 Å². The molecule has 262 valence electrons. The van der Waals surface area contributed by atoms with E-state index in [2.05, 4.69) is 44.7 Å². The van der Waals surface area contributed by atoms with E-state index in [9.17, 15) is 19.2 Å². The van der Waals surface area contributed by atoms with Crippen LogP contribution in [-0.4, -0.2) is 63.1 Å². The molecule has 0 radical (unpaired) electrons. The van der Waals surface area contributed by atoms with Gasteiger partial charge in [0, 0.05) is 36.8 Å². The van der Waals surface area contributed by atoms with Crippen molar-refractivity contribution in [2.24, 2.45) is 11.7 Å². The number of nitrogens with two attached hydrogens (primary N) is 1. The number of carbonyl (C=O) groups is 4. The van der Waals surface area contributed by atoms with Crippen LogP contribution in [0.1, 0.15) is 105 Å². The van der Waals surface area contributed by atoms with Crippen LogP contribution in [0.3, 0.4) is 0 Å². The first-order chi connectivity index (χ1) is 23.2. The van der Waals surface area contributed by atoms with E-state index in [4.69, 9.17) is 10.2 Å². The molecule has 0 unspecified atom stereocenters. The molecule has 2 atom stereocenters. The van der Waals surface area contributed by atoms with Crippen LogP contribution >= 0.6 is 35.1 Å². The molecule has 0 saturated carbocycles. The molecule has 4 aromatic rings. The minimum absolute atomic E-state index is 0. The zero-order valence-electron chi connectivity index (χ0n) is 27.3. The van der Waals surface area contributed by atoms with Crippen molar-refractivity contribution in [1.29, 1.82) is 0 Å². The van der Waals surface area contributed by atoms with Crippen LogP contribution in [0, 0.1) is 5.92 Å². The maximum Gasteiger partial charge on any atom is 0.275 e. The number of amides is 4. The number of hydrogen-bond acceptors (Lipinski definition) is 11. The van der Waals surface area contributed by atoms with E-state index in [-0.39, 0.29) is 90.5 Å². The summed E-state index contributed by atoms with van der Waals surface area (Å²) in [7, 11) is 0. The third kappa shape index (κ3) is 10.4. The van der Waals surface area contributed by atoms with Gasteiger partial charge in [-0.1, -0.05) is 44.2 Å². The second-order valence-corrected chi connectivity index (χ2v) is 13.7. The fourth-order valence-electron chi connectivity index (χ4n) is 5.32. The van der Waals surface area contributed by atoms with E-state index in [0.29, 0.717) is 48.8 Å². The SMILES string of the molecule is CC(C)C[C@@H]1NC(=O)CCCN(C(=O)c2coc(CN)n2)CCCNC(=O)c2csc(n2)[C@H](Cc2ccccc2)NC(=O)c2csc1n2.Cl. The Hall–Kier alpha value is -4.18. The van der Waals surface area contributed by atoms with Crippen molar-refractivity contribution < 1.29 is 23.6 Å². The molecule has 4 amide bonds. The van der Waals surface area contributed by atoms with Gasteiger partial charge in [-0.05, 0) is 37.2 Å². The minimum atomic E-state index is -0.507. The number of nitrogens with one attached hydrogen (secondary N) is 3. The lowest BCUT2D eigenvalue weighted by molar-refractivity contribution is -0.122. The standard InChI is InChI=1S/C33H40N8O5S2.ClH/c1-20(2)14-22-31-40-26(19-48-31)30(44)38-23(15-21-8-4-3-5-9-21)32-39-25(18-47-32)29(43)35-11-7-13-41(12-6-10-27(42)36-22)33(45)24-17-46-28(16-34)37-24;/h3-5,8-9,17-20,22-23H,6-7,10-16,34H2,1-2H3,(H,35,43)(H,36,42)(H,38,44);1H/t22-,23-;/m0./s1. The fourth-order valence-corrected chi connectivity index (χ4v) is 7.03. The molecule has 13 nitrogen and oxygen atoms in total. The normalized spacial score (nSPS) is 18.1. The van der Waals surface area contributed by atoms with Crippen LogP contribution in [0.15, 0.2) is 51.8 Å². The van der Waals surface area contributed by atoms with Crippen molar-refractivity contribution in [2.75, 3.05) is 19.6 Å². The molecule has 0 aliphatic carbocycles. The third-order valence-corrected chi connectivity index (χ3v) is 9.61. The lowest BCUT2D eigenvalue weighted by atomic mass is 10.0. The number of fused-ring (bicyclic) bond motifs is 4. The Morgan fingerprint density at radius 2 is 1.63 bits per heavy atom. The molecule has 5 N–H and O–H groups in total. The highest BCUT2D eigenvalue weighted by molar-refractivity contribution is 7.10. The van der Waals surface area contributed by atoms with Crippen molar-refractivity contribution in [3.05, 3.63) is 85.9 Å². The summed E-state index contributed by atoms with van der Waals surface area (Å²) in [5, 5.41) is 13.7. The number of benzene rings is 1. The summed E-state index contributed by atoms with van der Waals surface area (Å²) in [4.78, 5) is 68.1. The molecule has 0 spiro atoms. The largest absolute Gasteiger partial charge is 0.447 e. The highest BCUT2D eigenvalue weighted by Gasteiger charge is 2.26. The summed E-state index contributed by atoms with van der Waals surface area (Å²) >= 11 is 2.62. The van der Waals surface area contributed by atoms with Gasteiger partial charge in [-0.15, -0.1) is 35.1 Å². The zero-order chi connectivity index (χ0) is 34.0. The van der Waals surface area contributed by atoms with Crippen molar-refractivity contribution in [3.8, 4) is 0 Å². The number of thiazole rings is 2. The van der Waals surface area contributed by atoms with E-state index in [1.165, 1.54) is 28.9 Å². The lowest BCUT2D eigenvalue weighted by Crippen LogP contribution is -2.36. The third-order valence-electron chi connectivity index (χ3n) is 7.69. The van der Waals surface area contributed by atoms with E-state index in [0.717, 1.165) is 5.56 Å². The number of oxazole rings is 1. The first-order valence-corrected chi connectivity index (χ1v) is 17.7. The molecule has 4 bridgehead atoms. The molecular weight excluding hydrogens is 688 g/mol. The predicted octanol–water partition coefficient (Wildman–Crippen LogP) is 4.44. The van der Waals surface area contributed by atoms with E-state index in [1.807, 2.05) is 30.3 Å². The maximum atomic E-state index is 13.5. The molecule has 1 aliphatic rings. The molecule has 1 aliphatic heterocycles. The predicted molar refractivity (Wildman–Crippen MR) is 189 cm³/mol. The van der Waals surface area contributed by atoms with Crippen LogP contribution in [0.2, 0.25) is 0 Å². The summed E-state index contributed by atoms with van der Waals surface area (Å²) in [5.41, 5.74) is 7.23. The average molecular weight is 729 g/mol. The number of carbonyl (C=O) groups excluding carboxylic acids is 4. The summed E-state index contributed by atoms with van der Waals surface area (Å²) in [6.45, 7) is 5.08. The van der Waals surface area contributed by atoms with Gasteiger partial charge in [0.05, 0.1) is 18.6 Å². The number of hydrogen-bond donors (Lipinski definition) is 4. The highest BCUT2D eigenvalue weighted by atomic mass is 35.5. The molecule has 49 heavy (non-hydrogen) atoms.